The van der Waals surface area contributed by atoms with E-state index in [1.807, 2.05) is 42.5 Å². The summed E-state index contributed by atoms with van der Waals surface area (Å²) in [5.74, 6) is -0.833. The van der Waals surface area contributed by atoms with Gasteiger partial charge in [-0.15, -0.1) is 0 Å². The zero-order valence-corrected chi connectivity index (χ0v) is 15.9. The van der Waals surface area contributed by atoms with Crippen LogP contribution in [0.3, 0.4) is 0 Å². The smallest absolute Gasteiger partial charge is 0.244 e. The van der Waals surface area contributed by atoms with Crippen LogP contribution in [0.25, 0.3) is 0 Å². The number of carbonyl (C=O) groups excluding carboxylic acids is 3. The first-order valence-electron chi connectivity index (χ1n) is 9.68. The van der Waals surface area contributed by atoms with E-state index >= 15 is 0 Å². The molecule has 1 fully saturated rings. The van der Waals surface area contributed by atoms with E-state index in [4.69, 9.17) is 4.74 Å². The topological polar surface area (TPSA) is 75.7 Å². The molecular weight excluding hydrogens is 368 g/mol. The summed E-state index contributed by atoms with van der Waals surface area (Å²) in [5.41, 5.74) is 1.65. The van der Waals surface area contributed by atoms with Crippen LogP contribution in [0.1, 0.15) is 18.4 Å². The fourth-order valence-corrected chi connectivity index (χ4v) is 3.74. The number of allylic oxidation sites excluding steroid dienone is 2. The number of carbonyl (C=O) groups is 3. The molecular formula is C23H22N2O4. The Hall–Kier alpha value is -3.41. The van der Waals surface area contributed by atoms with Gasteiger partial charge in [0.15, 0.2) is 0 Å². The van der Waals surface area contributed by atoms with Crippen molar-refractivity contribution in [2.45, 2.75) is 19.4 Å². The van der Waals surface area contributed by atoms with E-state index in [1.54, 1.807) is 24.3 Å². The van der Waals surface area contributed by atoms with Crippen LogP contribution in [0.5, 0.6) is 5.75 Å². The summed E-state index contributed by atoms with van der Waals surface area (Å²) in [6, 6.07) is 16.8. The molecule has 148 valence electrons. The summed E-state index contributed by atoms with van der Waals surface area (Å²) >= 11 is 0. The molecule has 6 heteroatoms. The first-order chi connectivity index (χ1) is 14.1. The molecule has 0 unspecified atom stereocenters. The lowest BCUT2D eigenvalue weighted by Crippen LogP contribution is -2.38. The van der Waals surface area contributed by atoms with Crippen molar-refractivity contribution >= 4 is 23.4 Å². The second kappa shape index (κ2) is 8.31. The molecule has 0 saturated carbocycles. The number of anilines is 1. The largest absolute Gasteiger partial charge is 0.489 e. The lowest BCUT2D eigenvalue weighted by atomic mass is 9.85. The number of fused-ring (bicyclic) bond motifs is 1. The fourth-order valence-electron chi connectivity index (χ4n) is 3.74. The van der Waals surface area contributed by atoms with Gasteiger partial charge in [0, 0.05) is 5.69 Å². The van der Waals surface area contributed by atoms with Crippen molar-refractivity contribution in [2.75, 3.05) is 11.9 Å². The molecule has 29 heavy (non-hydrogen) atoms. The minimum absolute atomic E-state index is 0.246. The summed E-state index contributed by atoms with van der Waals surface area (Å²) in [4.78, 5) is 38.3. The second-order valence-corrected chi connectivity index (χ2v) is 7.27. The Morgan fingerprint density at radius 2 is 1.55 bits per heavy atom. The number of hydrogen-bond acceptors (Lipinski definition) is 4. The van der Waals surface area contributed by atoms with E-state index in [0.717, 1.165) is 10.5 Å². The van der Waals surface area contributed by atoms with Gasteiger partial charge in [0.1, 0.15) is 18.9 Å². The Morgan fingerprint density at radius 3 is 2.17 bits per heavy atom. The molecule has 1 heterocycles. The van der Waals surface area contributed by atoms with E-state index in [9.17, 15) is 14.4 Å². The number of rotatable bonds is 6. The molecule has 6 nitrogen and oxygen atoms in total. The van der Waals surface area contributed by atoms with Gasteiger partial charge in [0.25, 0.3) is 0 Å². The van der Waals surface area contributed by atoms with Crippen LogP contribution in [0.2, 0.25) is 0 Å². The maximum Gasteiger partial charge on any atom is 0.244 e. The quantitative estimate of drug-likeness (QED) is 0.607. The number of nitrogens with one attached hydrogen (secondary N) is 1. The van der Waals surface area contributed by atoms with E-state index in [-0.39, 0.29) is 30.2 Å². The van der Waals surface area contributed by atoms with Gasteiger partial charge in [-0.25, -0.2) is 0 Å². The lowest BCUT2D eigenvalue weighted by Gasteiger charge is -2.14. The molecule has 0 aromatic heterocycles. The van der Waals surface area contributed by atoms with Crippen molar-refractivity contribution in [3.63, 3.8) is 0 Å². The maximum absolute atomic E-state index is 12.4. The predicted molar refractivity (Wildman–Crippen MR) is 108 cm³/mol. The number of likely N-dealkylation sites (tertiary alicyclic amines) is 1. The van der Waals surface area contributed by atoms with Crippen LogP contribution < -0.4 is 10.1 Å². The maximum atomic E-state index is 12.4. The summed E-state index contributed by atoms with van der Waals surface area (Å²) in [6.07, 6.45) is 4.99. The van der Waals surface area contributed by atoms with Gasteiger partial charge in [-0.3, -0.25) is 19.3 Å². The molecule has 0 bridgehead atoms. The highest BCUT2D eigenvalue weighted by Gasteiger charge is 2.47. The van der Waals surface area contributed by atoms with Gasteiger partial charge >= 0.3 is 0 Å². The Kier molecular flexibility index (Phi) is 5.42. The average molecular weight is 390 g/mol. The third kappa shape index (κ3) is 4.21. The van der Waals surface area contributed by atoms with Gasteiger partial charge < -0.3 is 10.1 Å². The minimum atomic E-state index is -0.392. The molecule has 1 N–H and O–H groups in total. The minimum Gasteiger partial charge on any atom is -0.489 e. The molecule has 0 spiro atoms. The highest BCUT2D eigenvalue weighted by atomic mass is 16.5. The molecule has 1 aliphatic carbocycles. The van der Waals surface area contributed by atoms with Crippen LogP contribution in [-0.4, -0.2) is 29.2 Å². The molecule has 2 aliphatic rings. The number of hydrogen-bond donors (Lipinski definition) is 1. The zero-order valence-electron chi connectivity index (χ0n) is 15.9. The van der Waals surface area contributed by atoms with Gasteiger partial charge in [0.2, 0.25) is 17.7 Å². The molecule has 1 aliphatic heterocycles. The van der Waals surface area contributed by atoms with E-state index in [1.165, 1.54) is 0 Å². The van der Waals surface area contributed by atoms with Crippen molar-refractivity contribution in [3.8, 4) is 5.75 Å². The van der Waals surface area contributed by atoms with E-state index < -0.39 is 5.91 Å². The van der Waals surface area contributed by atoms with Crippen molar-refractivity contribution in [1.82, 2.24) is 4.90 Å². The zero-order chi connectivity index (χ0) is 20.2. The Bertz CT molecular complexity index is 911. The third-order valence-electron chi connectivity index (χ3n) is 5.29. The van der Waals surface area contributed by atoms with E-state index in [0.29, 0.717) is 30.9 Å². The van der Waals surface area contributed by atoms with Crippen LogP contribution in [0, 0.1) is 11.8 Å². The number of nitrogens with zero attached hydrogens (tertiary/aromatic N) is 1. The van der Waals surface area contributed by atoms with Crippen LogP contribution >= 0.6 is 0 Å². The summed E-state index contributed by atoms with van der Waals surface area (Å²) in [6.45, 7) is 0.208. The predicted octanol–water partition coefficient (Wildman–Crippen LogP) is 3.16. The summed E-state index contributed by atoms with van der Waals surface area (Å²) in [5, 5.41) is 2.74. The van der Waals surface area contributed by atoms with Crippen LogP contribution in [0.15, 0.2) is 66.7 Å². The molecule has 4 rings (SSSR count). The number of benzene rings is 2. The summed E-state index contributed by atoms with van der Waals surface area (Å²) < 4.78 is 5.73. The number of imide groups is 1. The van der Waals surface area contributed by atoms with Crippen molar-refractivity contribution in [2.24, 2.45) is 11.8 Å². The monoisotopic (exact) mass is 390 g/mol. The first kappa shape index (κ1) is 18.9. The molecule has 1 saturated heterocycles. The first-order valence-corrected chi connectivity index (χ1v) is 9.68. The highest BCUT2D eigenvalue weighted by Crippen LogP contribution is 2.34. The molecule has 2 atom stereocenters. The highest BCUT2D eigenvalue weighted by molar-refractivity contribution is 6.08. The number of ether oxygens (including phenoxy) is 1. The number of amides is 3. The van der Waals surface area contributed by atoms with Crippen LogP contribution in [-0.2, 0) is 21.0 Å². The SMILES string of the molecule is O=C(CN1C(=O)[C@H]2CC=CC[C@H]2C1=O)Nc1ccc(OCc2ccccc2)cc1. The fraction of sp³-hybridized carbons (Fsp3) is 0.261. The van der Waals surface area contributed by atoms with Gasteiger partial charge in [-0.1, -0.05) is 42.5 Å². The Morgan fingerprint density at radius 1 is 0.931 bits per heavy atom. The van der Waals surface area contributed by atoms with Crippen molar-refractivity contribution < 1.29 is 19.1 Å². The molecule has 0 radical (unpaired) electrons. The van der Waals surface area contributed by atoms with E-state index in [2.05, 4.69) is 5.32 Å². The van der Waals surface area contributed by atoms with Gasteiger partial charge in [-0.2, -0.15) is 0 Å². The lowest BCUT2D eigenvalue weighted by molar-refractivity contribution is -0.142. The van der Waals surface area contributed by atoms with Gasteiger partial charge in [0.05, 0.1) is 11.8 Å². The van der Waals surface area contributed by atoms with Gasteiger partial charge in [-0.05, 0) is 42.7 Å². The van der Waals surface area contributed by atoms with Crippen LogP contribution in [0.4, 0.5) is 5.69 Å². The normalized spacial score (nSPS) is 20.5. The standard InChI is InChI=1S/C23H22N2O4/c26-21(14-25-22(27)19-8-4-5-9-20(19)23(25)28)24-17-10-12-18(13-11-17)29-15-16-6-2-1-3-7-16/h1-7,10-13,19-20H,8-9,14-15H2,(H,24,26)/t19-,20+. The molecule has 2 aromatic rings. The van der Waals surface area contributed by atoms with Crippen molar-refractivity contribution in [3.05, 3.63) is 72.3 Å². The molecule has 3 amide bonds. The van der Waals surface area contributed by atoms with Crippen molar-refractivity contribution in [1.29, 1.82) is 0 Å². The Balaban J connectivity index is 1.31. The third-order valence-corrected chi connectivity index (χ3v) is 5.29. The second-order valence-electron chi connectivity index (χ2n) is 7.27. The summed E-state index contributed by atoms with van der Waals surface area (Å²) in [7, 11) is 0. The molecule has 2 aromatic carbocycles. The average Bonchev–Trinajstić information content (AvgIpc) is 2.99. The Labute approximate surface area is 169 Å².